The lowest BCUT2D eigenvalue weighted by atomic mass is 10.1. The van der Waals surface area contributed by atoms with Crippen LogP contribution in [0.2, 0.25) is 5.02 Å². The zero-order chi connectivity index (χ0) is 19.4. The largest absolute Gasteiger partial charge is 0.478 e. The molecule has 5 nitrogen and oxygen atoms in total. The summed E-state index contributed by atoms with van der Waals surface area (Å²) < 4.78 is 19.3. The Morgan fingerprint density at radius 3 is 2.74 bits per heavy atom. The number of carbonyl (C=O) groups excluding carboxylic acids is 2. The summed E-state index contributed by atoms with van der Waals surface area (Å²) in [7, 11) is 0. The second-order valence-electron chi connectivity index (χ2n) is 5.45. The molecule has 0 radical (unpaired) electrons. The van der Waals surface area contributed by atoms with Crippen LogP contribution in [0, 0.1) is 17.1 Å². The molecule has 2 aromatic rings. The van der Waals surface area contributed by atoms with Crippen molar-refractivity contribution in [2.24, 2.45) is 0 Å². The predicted octanol–water partition coefficient (Wildman–Crippen LogP) is 4.62. The predicted molar refractivity (Wildman–Crippen MR) is 100 cm³/mol. The molecule has 0 bridgehead atoms. The molecule has 0 N–H and O–H groups in total. The minimum atomic E-state index is -0.583. The fourth-order valence-corrected chi connectivity index (χ4v) is 3.51. The first-order chi connectivity index (χ1) is 13.0. The highest BCUT2D eigenvalue weighted by atomic mass is 35.5. The van der Waals surface area contributed by atoms with Crippen molar-refractivity contribution in [3.63, 3.8) is 0 Å². The van der Waals surface area contributed by atoms with E-state index in [4.69, 9.17) is 21.6 Å². The van der Waals surface area contributed by atoms with E-state index in [0.29, 0.717) is 11.3 Å². The molecule has 1 aliphatic rings. The molecular formula is C19H12ClFN2O3S. The van der Waals surface area contributed by atoms with Crippen LogP contribution in [0.4, 0.5) is 9.18 Å². The highest BCUT2D eigenvalue weighted by Gasteiger charge is 2.36. The van der Waals surface area contributed by atoms with Gasteiger partial charge in [0.1, 0.15) is 17.6 Å². The Morgan fingerprint density at radius 1 is 1.22 bits per heavy atom. The Bertz CT molecular complexity index is 967. The maximum Gasteiger partial charge on any atom is 0.293 e. The van der Waals surface area contributed by atoms with Crippen molar-refractivity contribution in [3.05, 3.63) is 69.3 Å². The van der Waals surface area contributed by atoms with E-state index in [-0.39, 0.29) is 28.6 Å². The molecule has 0 saturated carbocycles. The van der Waals surface area contributed by atoms with Crippen LogP contribution in [-0.4, -0.2) is 22.7 Å². The Kier molecular flexibility index (Phi) is 5.79. The Morgan fingerprint density at radius 2 is 2.00 bits per heavy atom. The van der Waals surface area contributed by atoms with Gasteiger partial charge in [0.25, 0.3) is 11.1 Å². The molecule has 27 heavy (non-hydrogen) atoms. The highest BCUT2D eigenvalue weighted by molar-refractivity contribution is 8.18. The summed E-state index contributed by atoms with van der Waals surface area (Å²) in [5.74, 6) is -0.705. The summed E-state index contributed by atoms with van der Waals surface area (Å²) in [5.41, 5.74) is 0.641. The van der Waals surface area contributed by atoms with Gasteiger partial charge in [-0.1, -0.05) is 35.9 Å². The maximum absolute atomic E-state index is 14.0. The number of carbonyl (C=O) groups is 2. The molecular weight excluding hydrogens is 391 g/mol. The van der Waals surface area contributed by atoms with Gasteiger partial charge in [-0.25, -0.2) is 4.39 Å². The van der Waals surface area contributed by atoms with Crippen molar-refractivity contribution < 1.29 is 18.7 Å². The van der Waals surface area contributed by atoms with E-state index in [2.05, 4.69) is 0 Å². The number of imide groups is 1. The molecule has 2 amide bonds. The quantitative estimate of drug-likeness (QED) is 0.682. The number of halogens is 2. The molecule has 0 aliphatic carbocycles. The van der Waals surface area contributed by atoms with Gasteiger partial charge in [-0.2, -0.15) is 5.26 Å². The summed E-state index contributed by atoms with van der Waals surface area (Å²) in [4.78, 5) is 26.0. The molecule has 136 valence electrons. The van der Waals surface area contributed by atoms with Crippen LogP contribution in [0.25, 0.3) is 6.08 Å². The summed E-state index contributed by atoms with van der Waals surface area (Å²) in [6.07, 6.45) is 1.51. The van der Waals surface area contributed by atoms with Gasteiger partial charge in [0, 0.05) is 16.1 Å². The molecule has 1 fully saturated rings. The van der Waals surface area contributed by atoms with Crippen molar-refractivity contribution >= 4 is 40.6 Å². The minimum absolute atomic E-state index is 0.0838. The lowest BCUT2D eigenvalue weighted by Gasteiger charge is -2.14. The summed E-state index contributed by atoms with van der Waals surface area (Å²) in [5, 5.41) is 8.29. The van der Waals surface area contributed by atoms with Crippen LogP contribution in [0.5, 0.6) is 5.75 Å². The first kappa shape index (κ1) is 19.0. The number of para-hydroxylation sites is 1. The number of rotatable bonds is 5. The SMILES string of the molecule is N#CCOc1ccccc1/C=C1\SC(=O)N(Cc2c(F)cccc2Cl)C1=O. The zero-order valence-corrected chi connectivity index (χ0v) is 15.4. The highest BCUT2D eigenvalue weighted by Crippen LogP contribution is 2.35. The third-order valence-corrected chi connectivity index (χ3v) is 5.01. The molecule has 0 aromatic heterocycles. The van der Waals surface area contributed by atoms with Gasteiger partial charge in [0.05, 0.1) is 11.4 Å². The number of nitrogens with zero attached hydrogens (tertiary/aromatic N) is 2. The zero-order valence-electron chi connectivity index (χ0n) is 13.8. The van der Waals surface area contributed by atoms with E-state index in [9.17, 15) is 14.0 Å². The van der Waals surface area contributed by atoms with Crippen LogP contribution >= 0.6 is 23.4 Å². The van der Waals surface area contributed by atoms with E-state index in [1.807, 2.05) is 6.07 Å². The monoisotopic (exact) mass is 402 g/mol. The topological polar surface area (TPSA) is 70.4 Å². The van der Waals surface area contributed by atoms with E-state index in [1.165, 1.54) is 24.3 Å². The summed E-state index contributed by atoms with van der Waals surface area (Å²) >= 11 is 6.74. The lowest BCUT2D eigenvalue weighted by Crippen LogP contribution is -2.28. The van der Waals surface area contributed by atoms with Crippen molar-refractivity contribution in [2.45, 2.75) is 6.54 Å². The third kappa shape index (κ3) is 4.13. The second-order valence-corrected chi connectivity index (χ2v) is 6.85. The number of thioether (sulfide) groups is 1. The van der Waals surface area contributed by atoms with Gasteiger partial charge in [-0.15, -0.1) is 0 Å². The first-order valence-electron chi connectivity index (χ1n) is 7.78. The Labute approximate surface area is 164 Å². The van der Waals surface area contributed by atoms with E-state index < -0.39 is 17.0 Å². The van der Waals surface area contributed by atoms with Crippen LogP contribution in [-0.2, 0) is 11.3 Å². The van der Waals surface area contributed by atoms with Gasteiger partial charge < -0.3 is 4.74 Å². The van der Waals surface area contributed by atoms with Crippen molar-refractivity contribution in [3.8, 4) is 11.8 Å². The Balaban J connectivity index is 1.87. The second kappa shape index (κ2) is 8.25. The third-order valence-electron chi connectivity index (χ3n) is 3.75. The van der Waals surface area contributed by atoms with Crippen LogP contribution in [0.1, 0.15) is 11.1 Å². The fourth-order valence-electron chi connectivity index (χ4n) is 2.46. The molecule has 0 atom stereocenters. The van der Waals surface area contributed by atoms with Gasteiger partial charge in [0.2, 0.25) is 0 Å². The van der Waals surface area contributed by atoms with E-state index in [0.717, 1.165) is 16.7 Å². The molecule has 3 rings (SSSR count). The summed E-state index contributed by atoms with van der Waals surface area (Å²) in [6, 6.07) is 12.9. The van der Waals surface area contributed by atoms with Crippen LogP contribution in [0.3, 0.4) is 0 Å². The molecule has 8 heteroatoms. The van der Waals surface area contributed by atoms with E-state index in [1.54, 1.807) is 24.3 Å². The normalized spacial score (nSPS) is 15.3. The summed E-state index contributed by atoms with van der Waals surface area (Å²) in [6.45, 7) is -0.391. The molecule has 0 unspecified atom stereocenters. The van der Waals surface area contributed by atoms with Crippen LogP contribution in [0.15, 0.2) is 47.4 Å². The minimum Gasteiger partial charge on any atom is -0.478 e. The first-order valence-corrected chi connectivity index (χ1v) is 8.97. The van der Waals surface area contributed by atoms with Gasteiger partial charge in [-0.05, 0) is 36.0 Å². The van der Waals surface area contributed by atoms with E-state index >= 15 is 0 Å². The number of hydrogen-bond acceptors (Lipinski definition) is 5. The number of ether oxygens (including phenoxy) is 1. The van der Waals surface area contributed by atoms with Gasteiger partial charge >= 0.3 is 0 Å². The van der Waals surface area contributed by atoms with Crippen molar-refractivity contribution in [1.82, 2.24) is 4.90 Å². The number of nitriles is 1. The van der Waals surface area contributed by atoms with Crippen LogP contribution < -0.4 is 4.74 Å². The smallest absolute Gasteiger partial charge is 0.293 e. The lowest BCUT2D eigenvalue weighted by molar-refractivity contribution is -0.123. The Hall–Kier alpha value is -2.82. The number of hydrogen-bond donors (Lipinski definition) is 0. The molecule has 1 heterocycles. The molecule has 1 aliphatic heterocycles. The van der Waals surface area contributed by atoms with Crippen molar-refractivity contribution in [2.75, 3.05) is 6.61 Å². The van der Waals surface area contributed by atoms with Crippen molar-refractivity contribution in [1.29, 1.82) is 5.26 Å². The average molecular weight is 403 g/mol. The molecule has 1 saturated heterocycles. The maximum atomic E-state index is 14.0. The molecule has 2 aromatic carbocycles. The molecule has 0 spiro atoms. The average Bonchev–Trinajstić information content (AvgIpc) is 2.91. The van der Waals surface area contributed by atoms with Gasteiger partial charge in [0.15, 0.2) is 6.61 Å². The number of amides is 2. The fraction of sp³-hybridized carbons (Fsp3) is 0.105. The van der Waals surface area contributed by atoms with Gasteiger partial charge in [-0.3, -0.25) is 14.5 Å². The standard InChI is InChI=1S/C19H12ClFN2O3S/c20-14-5-3-6-15(21)13(14)11-23-18(24)17(27-19(23)25)10-12-4-1-2-7-16(12)26-9-8-22/h1-7,10H,9,11H2/b17-10-. The number of benzene rings is 2.